The molecule has 2 saturated heterocycles. The number of likely N-dealkylation sites (tertiary alicyclic amines) is 1. The second kappa shape index (κ2) is 7.61. The molecule has 2 fully saturated rings. The lowest BCUT2D eigenvalue weighted by Gasteiger charge is -2.38. The third-order valence-corrected chi connectivity index (χ3v) is 4.85. The number of hydrogen-bond donors (Lipinski definition) is 0. The van der Waals surface area contributed by atoms with Gasteiger partial charge in [0.2, 0.25) is 0 Å². The summed E-state index contributed by atoms with van der Waals surface area (Å²) < 4.78 is 0. The second-order valence-corrected chi connectivity index (χ2v) is 6.48. The van der Waals surface area contributed by atoms with Gasteiger partial charge in [-0.2, -0.15) is 0 Å². The molecule has 0 aromatic heterocycles. The molecule has 130 valence electrons. The number of piperidine rings is 1. The van der Waals surface area contributed by atoms with E-state index in [2.05, 4.69) is 4.90 Å². The van der Waals surface area contributed by atoms with E-state index < -0.39 is 0 Å². The Morgan fingerprint density at radius 3 is 2.25 bits per heavy atom. The van der Waals surface area contributed by atoms with E-state index >= 15 is 0 Å². The van der Waals surface area contributed by atoms with Crippen LogP contribution in [0.25, 0.3) is 0 Å². The summed E-state index contributed by atoms with van der Waals surface area (Å²) in [4.78, 5) is 29.3. The van der Waals surface area contributed by atoms with Crippen LogP contribution in [0.5, 0.6) is 0 Å². The van der Waals surface area contributed by atoms with E-state index in [1.54, 1.807) is 12.1 Å². The Bertz CT molecular complexity index is 593. The van der Waals surface area contributed by atoms with E-state index in [0.717, 1.165) is 44.6 Å². The van der Waals surface area contributed by atoms with Gasteiger partial charge in [0.1, 0.15) is 0 Å². The summed E-state index contributed by atoms with van der Waals surface area (Å²) in [7, 11) is 0. The molecule has 0 radical (unpaired) electrons. The Balaban J connectivity index is 1.54. The monoisotopic (exact) mass is 332 g/mol. The van der Waals surface area contributed by atoms with E-state index in [-0.39, 0.29) is 16.6 Å². The average molecular weight is 332 g/mol. The molecular weight excluding hydrogens is 308 g/mol. The molecule has 0 bridgehead atoms. The molecule has 0 saturated carbocycles. The van der Waals surface area contributed by atoms with Crippen LogP contribution in [0.2, 0.25) is 0 Å². The number of urea groups is 1. The van der Waals surface area contributed by atoms with Crippen LogP contribution in [0.4, 0.5) is 10.5 Å². The molecule has 0 aliphatic carbocycles. The molecule has 1 aromatic rings. The van der Waals surface area contributed by atoms with Crippen molar-refractivity contribution < 1.29 is 9.72 Å². The Morgan fingerprint density at radius 1 is 0.958 bits per heavy atom. The van der Waals surface area contributed by atoms with Gasteiger partial charge in [-0.1, -0.05) is 18.2 Å². The van der Waals surface area contributed by atoms with Crippen LogP contribution < -0.4 is 0 Å². The highest BCUT2D eigenvalue weighted by molar-refractivity contribution is 5.74. The zero-order valence-electron chi connectivity index (χ0n) is 13.9. The minimum Gasteiger partial charge on any atom is -0.325 e. The SMILES string of the molecule is O=C(N1CCCCC1)N1CCN(Cc2ccccc2[N+](=O)[O-])CC1. The van der Waals surface area contributed by atoms with Crippen molar-refractivity contribution in [1.82, 2.24) is 14.7 Å². The Kier molecular flexibility index (Phi) is 5.30. The average Bonchev–Trinajstić information content (AvgIpc) is 2.63. The Labute approximate surface area is 142 Å². The molecule has 3 rings (SSSR count). The Hall–Kier alpha value is -2.15. The van der Waals surface area contributed by atoms with Crippen LogP contribution >= 0.6 is 0 Å². The number of rotatable bonds is 3. The number of carbonyl (C=O) groups is 1. The maximum absolute atomic E-state index is 12.5. The van der Waals surface area contributed by atoms with E-state index in [1.807, 2.05) is 21.9 Å². The summed E-state index contributed by atoms with van der Waals surface area (Å²) >= 11 is 0. The molecule has 7 heteroatoms. The van der Waals surface area contributed by atoms with E-state index in [4.69, 9.17) is 0 Å². The fraction of sp³-hybridized carbons (Fsp3) is 0.588. The summed E-state index contributed by atoms with van der Waals surface area (Å²) in [5.41, 5.74) is 0.905. The number of benzene rings is 1. The van der Waals surface area contributed by atoms with Gasteiger partial charge in [-0.25, -0.2) is 4.79 Å². The minimum absolute atomic E-state index is 0.153. The fourth-order valence-electron chi connectivity index (χ4n) is 3.45. The number of hydrogen-bond acceptors (Lipinski definition) is 4. The second-order valence-electron chi connectivity index (χ2n) is 6.48. The van der Waals surface area contributed by atoms with Gasteiger partial charge in [0.05, 0.1) is 4.92 Å². The van der Waals surface area contributed by atoms with Gasteiger partial charge in [-0.3, -0.25) is 15.0 Å². The molecule has 0 unspecified atom stereocenters. The van der Waals surface area contributed by atoms with Gasteiger partial charge in [0, 0.05) is 57.4 Å². The number of nitrogens with zero attached hydrogens (tertiary/aromatic N) is 4. The first-order chi connectivity index (χ1) is 11.6. The lowest BCUT2D eigenvalue weighted by molar-refractivity contribution is -0.385. The molecule has 0 atom stereocenters. The molecule has 7 nitrogen and oxygen atoms in total. The quantitative estimate of drug-likeness (QED) is 0.629. The van der Waals surface area contributed by atoms with Gasteiger partial charge in [0.15, 0.2) is 0 Å². The van der Waals surface area contributed by atoms with Crippen molar-refractivity contribution in [3.63, 3.8) is 0 Å². The molecule has 2 aliphatic heterocycles. The predicted octanol–water partition coefficient (Wildman–Crippen LogP) is 2.32. The van der Waals surface area contributed by atoms with Gasteiger partial charge in [-0.15, -0.1) is 0 Å². The van der Waals surface area contributed by atoms with Crippen LogP contribution in [0.3, 0.4) is 0 Å². The highest BCUT2D eigenvalue weighted by atomic mass is 16.6. The van der Waals surface area contributed by atoms with Crippen LogP contribution in [0.1, 0.15) is 24.8 Å². The van der Waals surface area contributed by atoms with Gasteiger partial charge in [-0.05, 0) is 19.3 Å². The number of nitro benzene ring substituents is 1. The first-order valence-electron chi connectivity index (χ1n) is 8.63. The van der Waals surface area contributed by atoms with Crippen LogP contribution in [-0.4, -0.2) is 64.9 Å². The number of amides is 2. The minimum atomic E-state index is -0.328. The first kappa shape index (κ1) is 16.7. The molecule has 24 heavy (non-hydrogen) atoms. The van der Waals surface area contributed by atoms with Crippen molar-refractivity contribution in [3.8, 4) is 0 Å². The third-order valence-electron chi connectivity index (χ3n) is 4.85. The van der Waals surface area contributed by atoms with Crippen LogP contribution in [0.15, 0.2) is 24.3 Å². The van der Waals surface area contributed by atoms with E-state index in [0.29, 0.717) is 19.6 Å². The lowest BCUT2D eigenvalue weighted by Crippen LogP contribution is -2.53. The summed E-state index contributed by atoms with van der Waals surface area (Å²) in [5.74, 6) is 0. The lowest BCUT2D eigenvalue weighted by atomic mass is 10.1. The Morgan fingerprint density at radius 2 is 1.58 bits per heavy atom. The van der Waals surface area contributed by atoms with Gasteiger partial charge in [0.25, 0.3) is 5.69 Å². The predicted molar refractivity (Wildman–Crippen MR) is 90.8 cm³/mol. The van der Waals surface area contributed by atoms with Crippen molar-refractivity contribution in [2.45, 2.75) is 25.8 Å². The van der Waals surface area contributed by atoms with E-state index in [1.165, 1.54) is 6.42 Å². The van der Waals surface area contributed by atoms with E-state index in [9.17, 15) is 14.9 Å². The first-order valence-corrected chi connectivity index (χ1v) is 8.63. The van der Waals surface area contributed by atoms with Gasteiger partial charge >= 0.3 is 6.03 Å². The number of piperazine rings is 1. The number of nitro groups is 1. The highest BCUT2D eigenvalue weighted by Gasteiger charge is 2.26. The van der Waals surface area contributed by atoms with Crippen LogP contribution in [0, 0.1) is 10.1 Å². The zero-order chi connectivity index (χ0) is 16.9. The van der Waals surface area contributed by atoms with Gasteiger partial charge < -0.3 is 9.80 Å². The van der Waals surface area contributed by atoms with Crippen molar-refractivity contribution in [3.05, 3.63) is 39.9 Å². The van der Waals surface area contributed by atoms with Crippen molar-refractivity contribution in [2.75, 3.05) is 39.3 Å². The highest BCUT2D eigenvalue weighted by Crippen LogP contribution is 2.20. The zero-order valence-corrected chi connectivity index (χ0v) is 13.9. The summed E-state index contributed by atoms with van der Waals surface area (Å²) in [5, 5.41) is 11.1. The maximum atomic E-state index is 12.5. The molecule has 2 heterocycles. The topological polar surface area (TPSA) is 69.9 Å². The maximum Gasteiger partial charge on any atom is 0.320 e. The van der Waals surface area contributed by atoms with Crippen molar-refractivity contribution in [1.29, 1.82) is 0 Å². The fourth-order valence-corrected chi connectivity index (χ4v) is 3.45. The van der Waals surface area contributed by atoms with Crippen molar-refractivity contribution >= 4 is 11.7 Å². The van der Waals surface area contributed by atoms with Crippen molar-refractivity contribution in [2.24, 2.45) is 0 Å². The molecule has 1 aromatic carbocycles. The largest absolute Gasteiger partial charge is 0.325 e. The summed E-state index contributed by atoms with van der Waals surface area (Å²) in [6, 6.07) is 7.03. The summed E-state index contributed by atoms with van der Waals surface area (Å²) in [6.07, 6.45) is 3.42. The van der Waals surface area contributed by atoms with Crippen LogP contribution in [-0.2, 0) is 6.54 Å². The molecule has 2 aliphatic rings. The number of para-hydroxylation sites is 1. The molecular formula is C17H24N4O3. The standard InChI is InChI=1S/C17H24N4O3/c22-17(19-8-4-1-5-9-19)20-12-10-18(11-13-20)14-15-6-2-3-7-16(15)21(23)24/h2-3,6-7H,1,4-5,8-14H2. The third kappa shape index (κ3) is 3.84. The normalized spacial score (nSPS) is 19.3. The molecule has 2 amide bonds. The smallest absolute Gasteiger partial charge is 0.320 e. The molecule has 0 N–H and O–H groups in total. The number of carbonyl (C=O) groups excluding carboxylic acids is 1. The molecule has 0 spiro atoms. The summed E-state index contributed by atoms with van der Waals surface area (Å²) in [6.45, 7) is 5.19.